The molecule has 3 aromatic rings. The highest BCUT2D eigenvalue weighted by Crippen LogP contribution is 2.13. The molecule has 0 aliphatic rings. The van der Waals surface area contributed by atoms with Crippen LogP contribution in [0.1, 0.15) is 16.1 Å². The molecular formula is C17H12ClN3O. The van der Waals surface area contributed by atoms with Crippen molar-refractivity contribution in [3.8, 4) is 5.69 Å². The second kappa shape index (κ2) is 6.37. The maximum absolute atomic E-state index is 12.0. The molecule has 0 unspecified atom stereocenters. The van der Waals surface area contributed by atoms with Gasteiger partial charge in [0, 0.05) is 10.6 Å². The lowest BCUT2D eigenvalue weighted by molar-refractivity contribution is 0.104. The Kier molecular flexibility index (Phi) is 4.12. The third-order valence-electron chi connectivity index (χ3n) is 3.07. The van der Waals surface area contributed by atoms with Crippen LogP contribution in [0.5, 0.6) is 0 Å². The van der Waals surface area contributed by atoms with Crippen LogP contribution < -0.4 is 0 Å². The van der Waals surface area contributed by atoms with Gasteiger partial charge in [0.05, 0.1) is 11.9 Å². The summed E-state index contributed by atoms with van der Waals surface area (Å²) in [5.41, 5.74) is 2.11. The number of carbonyl (C=O) groups excluding carboxylic acids is 1. The maximum Gasteiger partial charge on any atom is 0.185 e. The van der Waals surface area contributed by atoms with Gasteiger partial charge in [-0.2, -0.15) is 0 Å². The topological polar surface area (TPSA) is 47.8 Å². The van der Waals surface area contributed by atoms with Crippen molar-refractivity contribution in [2.24, 2.45) is 0 Å². The predicted octanol–water partition coefficient (Wildman–Crippen LogP) is 3.82. The van der Waals surface area contributed by atoms with Gasteiger partial charge in [-0.25, -0.2) is 4.68 Å². The van der Waals surface area contributed by atoms with Crippen molar-refractivity contribution in [1.82, 2.24) is 15.0 Å². The molecule has 0 atom stereocenters. The summed E-state index contributed by atoms with van der Waals surface area (Å²) in [5.74, 6) is -0.0679. The van der Waals surface area contributed by atoms with Gasteiger partial charge in [0.1, 0.15) is 5.69 Å². The number of benzene rings is 2. The highest BCUT2D eigenvalue weighted by molar-refractivity contribution is 6.30. The third-order valence-corrected chi connectivity index (χ3v) is 3.32. The molecule has 0 amide bonds. The minimum Gasteiger partial charge on any atom is -0.289 e. The Balaban J connectivity index is 1.75. The minimum absolute atomic E-state index is 0.0679. The van der Waals surface area contributed by atoms with E-state index in [-0.39, 0.29) is 5.78 Å². The molecule has 0 N–H and O–H groups in total. The van der Waals surface area contributed by atoms with Crippen molar-refractivity contribution >= 4 is 23.5 Å². The zero-order valence-corrected chi connectivity index (χ0v) is 12.3. The first-order chi connectivity index (χ1) is 10.7. The van der Waals surface area contributed by atoms with Crippen LogP contribution in [-0.2, 0) is 0 Å². The van der Waals surface area contributed by atoms with E-state index < -0.39 is 0 Å². The summed E-state index contributed by atoms with van der Waals surface area (Å²) in [4.78, 5) is 12.0. The van der Waals surface area contributed by atoms with Crippen LogP contribution in [0.2, 0.25) is 5.02 Å². The molecule has 22 heavy (non-hydrogen) atoms. The van der Waals surface area contributed by atoms with Crippen LogP contribution in [-0.4, -0.2) is 20.8 Å². The summed E-state index contributed by atoms with van der Waals surface area (Å²) < 4.78 is 1.63. The van der Waals surface area contributed by atoms with Crippen molar-refractivity contribution in [3.63, 3.8) is 0 Å². The molecule has 3 rings (SSSR count). The van der Waals surface area contributed by atoms with E-state index >= 15 is 0 Å². The average Bonchev–Trinajstić information content (AvgIpc) is 3.03. The Morgan fingerprint density at radius 1 is 1.05 bits per heavy atom. The fourth-order valence-electron chi connectivity index (χ4n) is 1.93. The number of halogens is 1. The van der Waals surface area contributed by atoms with E-state index in [2.05, 4.69) is 10.3 Å². The maximum atomic E-state index is 12.0. The summed E-state index contributed by atoms with van der Waals surface area (Å²) in [5, 5.41) is 8.71. The van der Waals surface area contributed by atoms with E-state index in [1.54, 1.807) is 41.2 Å². The van der Waals surface area contributed by atoms with Gasteiger partial charge in [0.25, 0.3) is 0 Å². The van der Waals surface area contributed by atoms with E-state index in [1.807, 2.05) is 30.3 Å². The van der Waals surface area contributed by atoms with E-state index in [0.29, 0.717) is 16.3 Å². The Labute approximate surface area is 132 Å². The molecule has 0 fully saturated rings. The molecule has 0 spiro atoms. The van der Waals surface area contributed by atoms with Gasteiger partial charge in [-0.1, -0.05) is 47.1 Å². The van der Waals surface area contributed by atoms with E-state index in [0.717, 1.165) is 5.69 Å². The monoisotopic (exact) mass is 309 g/mol. The number of allylic oxidation sites excluding steroid dienone is 1. The van der Waals surface area contributed by atoms with Crippen molar-refractivity contribution in [1.29, 1.82) is 0 Å². The number of hydrogen-bond donors (Lipinski definition) is 0. The largest absolute Gasteiger partial charge is 0.289 e. The van der Waals surface area contributed by atoms with Gasteiger partial charge >= 0.3 is 0 Å². The summed E-state index contributed by atoms with van der Waals surface area (Å²) >= 11 is 5.85. The number of aromatic nitrogens is 3. The zero-order valence-electron chi connectivity index (χ0n) is 11.6. The highest BCUT2D eigenvalue weighted by Gasteiger charge is 2.03. The van der Waals surface area contributed by atoms with Crippen LogP contribution in [0.4, 0.5) is 0 Å². The van der Waals surface area contributed by atoms with Crippen LogP contribution in [0, 0.1) is 0 Å². The van der Waals surface area contributed by atoms with Crippen LogP contribution in [0.15, 0.2) is 66.9 Å². The van der Waals surface area contributed by atoms with Gasteiger partial charge in [-0.3, -0.25) is 4.79 Å². The highest BCUT2D eigenvalue weighted by atomic mass is 35.5. The molecule has 4 nitrogen and oxygen atoms in total. The van der Waals surface area contributed by atoms with Crippen LogP contribution >= 0.6 is 11.6 Å². The SMILES string of the molecule is O=C(/C=C/c1cn(-c2ccc(Cl)cc2)nn1)c1ccccc1. The number of carbonyl (C=O) groups is 1. The van der Waals surface area contributed by atoms with Crippen LogP contribution in [0.25, 0.3) is 11.8 Å². The standard InChI is InChI=1S/C17H12ClN3O/c18-14-6-9-16(10-7-14)21-12-15(19-20-21)8-11-17(22)13-4-2-1-3-5-13/h1-12H/b11-8+. The summed E-state index contributed by atoms with van der Waals surface area (Å²) in [6, 6.07) is 16.3. The predicted molar refractivity (Wildman–Crippen MR) is 86.2 cm³/mol. The first kappa shape index (κ1) is 14.2. The Morgan fingerprint density at radius 3 is 2.50 bits per heavy atom. The van der Waals surface area contributed by atoms with E-state index in [4.69, 9.17) is 11.6 Å². The van der Waals surface area contributed by atoms with Gasteiger partial charge in [0.2, 0.25) is 0 Å². The molecular weight excluding hydrogens is 298 g/mol. The molecule has 5 heteroatoms. The van der Waals surface area contributed by atoms with E-state index in [9.17, 15) is 4.79 Å². The Hall–Kier alpha value is -2.72. The molecule has 0 aliphatic carbocycles. The smallest absolute Gasteiger partial charge is 0.185 e. The lowest BCUT2D eigenvalue weighted by Gasteiger charge is -1.98. The number of rotatable bonds is 4. The molecule has 0 saturated carbocycles. The molecule has 0 bridgehead atoms. The summed E-state index contributed by atoms with van der Waals surface area (Å²) in [7, 11) is 0. The molecule has 0 aliphatic heterocycles. The normalized spacial score (nSPS) is 11.0. The molecule has 108 valence electrons. The molecule has 1 heterocycles. The first-order valence-electron chi connectivity index (χ1n) is 6.68. The second-order valence-corrected chi connectivity index (χ2v) is 5.06. The number of ketones is 1. The van der Waals surface area contributed by atoms with Crippen molar-refractivity contribution in [3.05, 3.63) is 83.2 Å². The van der Waals surface area contributed by atoms with Crippen LogP contribution in [0.3, 0.4) is 0 Å². The Morgan fingerprint density at radius 2 is 1.77 bits per heavy atom. The zero-order chi connectivity index (χ0) is 15.4. The second-order valence-electron chi connectivity index (χ2n) is 4.63. The van der Waals surface area contributed by atoms with Gasteiger partial charge in [-0.15, -0.1) is 5.10 Å². The first-order valence-corrected chi connectivity index (χ1v) is 7.06. The van der Waals surface area contributed by atoms with Gasteiger partial charge in [-0.05, 0) is 36.4 Å². The molecule has 0 radical (unpaired) electrons. The lowest BCUT2D eigenvalue weighted by Crippen LogP contribution is -1.93. The summed E-state index contributed by atoms with van der Waals surface area (Å²) in [6.07, 6.45) is 4.89. The van der Waals surface area contributed by atoms with E-state index in [1.165, 1.54) is 6.08 Å². The van der Waals surface area contributed by atoms with Gasteiger partial charge < -0.3 is 0 Å². The van der Waals surface area contributed by atoms with Crippen molar-refractivity contribution in [2.45, 2.75) is 0 Å². The number of nitrogens with zero attached hydrogens (tertiary/aromatic N) is 3. The molecule has 0 saturated heterocycles. The quantitative estimate of drug-likeness (QED) is 0.544. The minimum atomic E-state index is -0.0679. The lowest BCUT2D eigenvalue weighted by atomic mass is 10.1. The van der Waals surface area contributed by atoms with Gasteiger partial charge in [0.15, 0.2) is 5.78 Å². The van der Waals surface area contributed by atoms with Crippen molar-refractivity contribution < 1.29 is 4.79 Å². The molecule has 1 aromatic heterocycles. The fourth-order valence-corrected chi connectivity index (χ4v) is 2.06. The third kappa shape index (κ3) is 3.30. The molecule has 2 aromatic carbocycles. The average molecular weight is 310 g/mol. The number of hydrogen-bond acceptors (Lipinski definition) is 3. The summed E-state index contributed by atoms with van der Waals surface area (Å²) in [6.45, 7) is 0. The van der Waals surface area contributed by atoms with Crippen molar-refractivity contribution in [2.75, 3.05) is 0 Å². The Bertz CT molecular complexity index is 807. The fraction of sp³-hybridized carbons (Fsp3) is 0.